The van der Waals surface area contributed by atoms with Gasteiger partial charge in [-0.3, -0.25) is 14.5 Å². The van der Waals surface area contributed by atoms with E-state index in [-0.39, 0.29) is 17.6 Å². The number of nitrogens with zero attached hydrogens (tertiary/aromatic N) is 3. The molecular formula is C27H33FN4O4. The number of hydrogen-bond donors (Lipinski definition) is 1. The molecule has 2 aliphatic rings. The summed E-state index contributed by atoms with van der Waals surface area (Å²) >= 11 is 0. The van der Waals surface area contributed by atoms with E-state index in [1.165, 1.54) is 12.1 Å². The molecule has 0 aliphatic carbocycles. The molecule has 1 fully saturated rings. The van der Waals surface area contributed by atoms with Gasteiger partial charge in [0, 0.05) is 44.6 Å². The number of methoxy groups -OCH3 is 2. The Bertz CT molecular complexity index is 1100. The van der Waals surface area contributed by atoms with Gasteiger partial charge in [0.25, 0.3) is 0 Å². The molecule has 2 aromatic carbocycles. The number of piperazine rings is 1. The van der Waals surface area contributed by atoms with Gasteiger partial charge in [0.1, 0.15) is 5.82 Å². The smallest absolute Gasteiger partial charge is 0.238 e. The molecule has 0 bridgehead atoms. The van der Waals surface area contributed by atoms with Crippen LogP contribution in [0.25, 0.3) is 6.08 Å². The first-order valence-electron chi connectivity index (χ1n) is 12.2. The number of carbonyl (C=O) groups excluding carboxylic acids is 2. The van der Waals surface area contributed by atoms with E-state index in [0.29, 0.717) is 36.7 Å². The number of halogens is 1. The van der Waals surface area contributed by atoms with Gasteiger partial charge in [0.05, 0.1) is 27.2 Å². The van der Waals surface area contributed by atoms with Gasteiger partial charge in [-0.05, 0) is 66.6 Å². The Morgan fingerprint density at radius 1 is 0.972 bits per heavy atom. The lowest BCUT2D eigenvalue weighted by atomic mass is 10.0. The Hall–Kier alpha value is -3.43. The van der Waals surface area contributed by atoms with E-state index in [1.807, 2.05) is 24.4 Å². The van der Waals surface area contributed by atoms with Crippen molar-refractivity contribution in [3.05, 3.63) is 59.5 Å². The number of fused-ring (bicyclic) bond motifs is 1. The average Bonchev–Trinajstić information content (AvgIpc) is 3.03. The van der Waals surface area contributed by atoms with E-state index < -0.39 is 0 Å². The lowest BCUT2D eigenvalue weighted by molar-refractivity contribution is -0.127. The zero-order valence-electron chi connectivity index (χ0n) is 20.8. The molecular weight excluding hydrogens is 463 g/mol. The first-order chi connectivity index (χ1) is 17.4. The zero-order valence-corrected chi connectivity index (χ0v) is 20.8. The van der Waals surface area contributed by atoms with Crippen molar-refractivity contribution in [3.63, 3.8) is 0 Å². The van der Waals surface area contributed by atoms with Gasteiger partial charge in [0.15, 0.2) is 11.5 Å². The van der Waals surface area contributed by atoms with E-state index in [4.69, 9.17) is 9.47 Å². The van der Waals surface area contributed by atoms with Gasteiger partial charge in [0.2, 0.25) is 11.8 Å². The molecule has 2 amide bonds. The molecule has 1 saturated heterocycles. The highest BCUT2D eigenvalue weighted by atomic mass is 19.1. The number of anilines is 1. The minimum atomic E-state index is -0.327. The van der Waals surface area contributed by atoms with E-state index in [0.717, 1.165) is 50.3 Å². The molecule has 4 rings (SSSR count). The maximum absolute atomic E-state index is 13.0. The van der Waals surface area contributed by atoms with Crippen LogP contribution >= 0.6 is 0 Å². The van der Waals surface area contributed by atoms with Crippen LogP contribution in [0.4, 0.5) is 10.1 Å². The number of hydrogen-bond acceptors (Lipinski definition) is 6. The molecule has 2 aliphatic heterocycles. The molecule has 0 aromatic heterocycles. The van der Waals surface area contributed by atoms with Crippen LogP contribution in [-0.2, 0) is 16.0 Å². The van der Waals surface area contributed by atoms with Gasteiger partial charge in [-0.15, -0.1) is 0 Å². The third-order valence-electron chi connectivity index (χ3n) is 6.57. The van der Waals surface area contributed by atoms with Crippen LogP contribution in [0.5, 0.6) is 11.5 Å². The standard InChI is InChI=1S/C27H33FN4O4/c1-35-24-16-20-8-11-32(27(34)18-21(20)17-25(24)36-2)10-3-9-30-12-14-31(15-13-30)19-26(33)29-23-6-4-22(28)5-7-23/h4-8,11,16-17H,3,9-10,12-15,18-19H2,1-2H3,(H,29,33). The quantitative estimate of drug-likeness (QED) is 0.576. The van der Waals surface area contributed by atoms with Crippen LogP contribution in [0.2, 0.25) is 0 Å². The van der Waals surface area contributed by atoms with E-state index >= 15 is 0 Å². The summed E-state index contributed by atoms with van der Waals surface area (Å²) in [7, 11) is 3.19. The van der Waals surface area contributed by atoms with Crippen molar-refractivity contribution in [3.8, 4) is 11.5 Å². The summed E-state index contributed by atoms with van der Waals surface area (Å²) in [5.74, 6) is 0.908. The van der Waals surface area contributed by atoms with Crippen molar-refractivity contribution in [2.24, 2.45) is 0 Å². The van der Waals surface area contributed by atoms with E-state index in [9.17, 15) is 14.0 Å². The Balaban J connectivity index is 1.19. The summed E-state index contributed by atoms with van der Waals surface area (Å²) in [6, 6.07) is 9.55. The van der Waals surface area contributed by atoms with Crippen molar-refractivity contribution in [1.29, 1.82) is 0 Å². The minimum absolute atomic E-state index is 0.0641. The van der Waals surface area contributed by atoms with Gasteiger partial charge < -0.3 is 24.6 Å². The predicted molar refractivity (Wildman–Crippen MR) is 137 cm³/mol. The number of amides is 2. The van der Waals surface area contributed by atoms with Crippen molar-refractivity contribution in [2.75, 3.05) is 65.3 Å². The van der Waals surface area contributed by atoms with Crippen molar-refractivity contribution < 1.29 is 23.5 Å². The third kappa shape index (κ3) is 6.61. The SMILES string of the molecule is COc1cc2c(cc1OC)CC(=O)N(CCCN1CCN(CC(=O)Nc3ccc(F)cc3)CC1)C=C2. The molecule has 2 heterocycles. The minimum Gasteiger partial charge on any atom is -0.493 e. The number of carbonyl (C=O) groups is 2. The molecule has 36 heavy (non-hydrogen) atoms. The van der Waals surface area contributed by atoms with Gasteiger partial charge in [-0.1, -0.05) is 0 Å². The van der Waals surface area contributed by atoms with Gasteiger partial charge in [-0.25, -0.2) is 4.39 Å². The van der Waals surface area contributed by atoms with Crippen LogP contribution in [0.15, 0.2) is 42.6 Å². The van der Waals surface area contributed by atoms with Crippen LogP contribution in [0.1, 0.15) is 17.5 Å². The maximum atomic E-state index is 13.0. The van der Waals surface area contributed by atoms with Crippen LogP contribution in [-0.4, -0.2) is 86.5 Å². The second-order valence-electron chi connectivity index (χ2n) is 9.01. The first kappa shape index (κ1) is 25.7. The predicted octanol–water partition coefficient (Wildman–Crippen LogP) is 2.84. The largest absolute Gasteiger partial charge is 0.493 e. The highest BCUT2D eigenvalue weighted by molar-refractivity contribution is 5.92. The molecule has 2 aromatic rings. The van der Waals surface area contributed by atoms with Gasteiger partial charge in [-0.2, -0.15) is 0 Å². The maximum Gasteiger partial charge on any atom is 0.238 e. The summed E-state index contributed by atoms with van der Waals surface area (Å²) in [5, 5.41) is 2.81. The Kier molecular flexibility index (Phi) is 8.56. The normalized spacial score (nSPS) is 16.4. The second kappa shape index (κ2) is 12.0. The molecule has 0 radical (unpaired) electrons. The van der Waals surface area contributed by atoms with E-state index in [1.54, 1.807) is 31.3 Å². The third-order valence-corrected chi connectivity index (χ3v) is 6.57. The van der Waals surface area contributed by atoms with Crippen molar-refractivity contribution >= 4 is 23.6 Å². The molecule has 1 N–H and O–H groups in total. The summed E-state index contributed by atoms with van der Waals surface area (Å²) in [5.41, 5.74) is 2.48. The Morgan fingerprint density at radius 3 is 2.33 bits per heavy atom. The highest BCUT2D eigenvalue weighted by Crippen LogP contribution is 2.32. The van der Waals surface area contributed by atoms with Crippen LogP contribution in [0.3, 0.4) is 0 Å². The average molecular weight is 497 g/mol. The van der Waals surface area contributed by atoms with E-state index in [2.05, 4.69) is 15.1 Å². The molecule has 192 valence electrons. The van der Waals surface area contributed by atoms with Crippen molar-refractivity contribution in [1.82, 2.24) is 14.7 Å². The fourth-order valence-electron chi connectivity index (χ4n) is 4.53. The summed E-state index contributed by atoms with van der Waals surface area (Å²) < 4.78 is 23.8. The Morgan fingerprint density at radius 2 is 1.64 bits per heavy atom. The monoisotopic (exact) mass is 496 g/mol. The second-order valence-corrected chi connectivity index (χ2v) is 9.01. The summed E-state index contributed by atoms with van der Waals surface area (Å²) in [6.07, 6.45) is 5.00. The molecule has 0 saturated carbocycles. The number of rotatable bonds is 9. The van der Waals surface area contributed by atoms with Crippen molar-refractivity contribution in [2.45, 2.75) is 12.8 Å². The zero-order chi connectivity index (χ0) is 25.5. The molecule has 9 heteroatoms. The number of benzene rings is 2. The molecule has 0 spiro atoms. The molecule has 8 nitrogen and oxygen atoms in total. The molecule has 0 unspecified atom stereocenters. The Labute approximate surface area is 211 Å². The fraction of sp³-hybridized carbons (Fsp3) is 0.407. The van der Waals surface area contributed by atoms with Gasteiger partial charge >= 0.3 is 0 Å². The number of ether oxygens (including phenoxy) is 2. The number of nitrogens with one attached hydrogen (secondary N) is 1. The summed E-state index contributed by atoms with van der Waals surface area (Å²) in [6.45, 7) is 5.21. The first-order valence-corrected chi connectivity index (χ1v) is 12.2. The summed E-state index contributed by atoms with van der Waals surface area (Å²) in [4.78, 5) is 31.4. The molecule has 0 atom stereocenters. The highest BCUT2D eigenvalue weighted by Gasteiger charge is 2.21. The lowest BCUT2D eigenvalue weighted by Gasteiger charge is -2.34. The van der Waals surface area contributed by atoms with Crippen LogP contribution in [0, 0.1) is 5.82 Å². The fourth-order valence-corrected chi connectivity index (χ4v) is 4.53. The lowest BCUT2D eigenvalue weighted by Crippen LogP contribution is -2.49. The van der Waals surface area contributed by atoms with Crippen LogP contribution < -0.4 is 14.8 Å². The topological polar surface area (TPSA) is 74.4 Å².